The van der Waals surface area contributed by atoms with E-state index in [1.807, 2.05) is 6.92 Å². The van der Waals surface area contributed by atoms with Crippen LogP contribution in [0.3, 0.4) is 0 Å². The second-order valence-corrected chi connectivity index (χ2v) is 4.48. The maximum atomic E-state index is 11.8. The van der Waals surface area contributed by atoms with Gasteiger partial charge in [-0.05, 0) is 55.0 Å². The Morgan fingerprint density at radius 2 is 2.05 bits per heavy atom. The second-order valence-electron chi connectivity index (χ2n) is 4.48. The zero-order chi connectivity index (χ0) is 15.9. The highest BCUT2D eigenvalue weighted by atomic mass is 16.5. The van der Waals surface area contributed by atoms with E-state index in [0.717, 1.165) is 0 Å². The lowest BCUT2D eigenvalue weighted by Gasteiger charge is -2.06. The van der Waals surface area contributed by atoms with Crippen molar-refractivity contribution >= 4 is 17.8 Å². The first-order valence-electron chi connectivity index (χ1n) is 6.75. The average Bonchev–Trinajstić information content (AvgIpc) is 2.51. The summed E-state index contributed by atoms with van der Waals surface area (Å²) in [5.74, 6) is 0.0984. The molecule has 0 aliphatic heterocycles. The molecule has 0 bridgehead atoms. The standard InChI is InChI=1S/C16H17N3O3/c1-2-22-15-9-11(3-8-14(15)20)10-18-19-16(21)12-4-6-13(17)7-5-12/h3-10,20H,2,17H2,1H3,(H,19,21)/b18-10+. The van der Waals surface area contributed by atoms with E-state index in [1.54, 1.807) is 36.4 Å². The maximum Gasteiger partial charge on any atom is 0.271 e. The van der Waals surface area contributed by atoms with Crippen LogP contribution < -0.4 is 15.9 Å². The second kappa shape index (κ2) is 7.12. The Morgan fingerprint density at radius 3 is 2.73 bits per heavy atom. The van der Waals surface area contributed by atoms with Crippen LogP contribution in [0.2, 0.25) is 0 Å². The van der Waals surface area contributed by atoms with Gasteiger partial charge in [0.05, 0.1) is 12.8 Å². The van der Waals surface area contributed by atoms with E-state index in [1.165, 1.54) is 12.3 Å². The molecule has 0 spiro atoms. The number of hydrazone groups is 1. The van der Waals surface area contributed by atoms with Crippen molar-refractivity contribution in [3.8, 4) is 11.5 Å². The number of benzene rings is 2. The molecule has 22 heavy (non-hydrogen) atoms. The van der Waals surface area contributed by atoms with Crippen molar-refractivity contribution < 1.29 is 14.6 Å². The molecule has 0 aliphatic rings. The maximum absolute atomic E-state index is 11.8. The number of carbonyl (C=O) groups excluding carboxylic acids is 1. The van der Waals surface area contributed by atoms with Gasteiger partial charge in [-0.15, -0.1) is 0 Å². The summed E-state index contributed by atoms with van der Waals surface area (Å²) in [5, 5.41) is 13.5. The van der Waals surface area contributed by atoms with Gasteiger partial charge in [0.2, 0.25) is 0 Å². The molecule has 0 saturated heterocycles. The fraction of sp³-hybridized carbons (Fsp3) is 0.125. The molecule has 6 nitrogen and oxygen atoms in total. The zero-order valence-corrected chi connectivity index (χ0v) is 12.1. The lowest BCUT2D eigenvalue weighted by molar-refractivity contribution is 0.0955. The van der Waals surface area contributed by atoms with E-state index in [-0.39, 0.29) is 11.7 Å². The fourth-order valence-corrected chi connectivity index (χ4v) is 1.75. The summed E-state index contributed by atoms with van der Waals surface area (Å²) in [7, 11) is 0. The number of nitrogens with zero attached hydrogens (tertiary/aromatic N) is 1. The molecule has 0 aliphatic carbocycles. The van der Waals surface area contributed by atoms with Gasteiger partial charge in [0.1, 0.15) is 0 Å². The molecular weight excluding hydrogens is 282 g/mol. The summed E-state index contributed by atoms with van der Waals surface area (Å²) < 4.78 is 5.27. The Morgan fingerprint density at radius 1 is 1.32 bits per heavy atom. The molecule has 0 radical (unpaired) electrons. The third kappa shape index (κ3) is 3.99. The van der Waals surface area contributed by atoms with Gasteiger partial charge in [0.15, 0.2) is 11.5 Å². The van der Waals surface area contributed by atoms with Crippen LogP contribution in [0.4, 0.5) is 5.69 Å². The zero-order valence-electron chi connectivity index (χ0n) is 12.1. The number of carbonyl (C=O) groups is 1. The van der Waals surface area contributed by atoms with Crippen LogP contribution in [0.5, 0.6) is 11.5 Å². The van der Waals surface area contributed by atoms with Gasteiger partial charge in [-0.25, -0.2) is 5.43 Å². The molecule has 6 heteroatoms. The SMILES string of the molecule is CCOc1cc(/C=N/NC(=O)c2ccc(N)cc2)ccc1O. The van der Waals surface area contributed by atoms with Gasteiger partial charge >= 0.3 is 0 Å². The van der Waals surface area contributed by atoms with Crippen LogP contribution in [0.15, 0.2) is 47.6 Å². The third-order valence-electron chi connectivity index (χ3n) is 2.84. The predicted molar refractivity (Wildman–Crippen MR) is 85.2 cm³/mol. The molecule has 2 rings (SSSR count). The van der Waals surface area contributed by atoms with Crippen LogP contribution in [-0.2, 0) is 0 Å². The van der Waals surface area contributed by atoms with Crippen LogP contribution in [0, 0.1) is 0 Å². The molecule has 0 atom stereocenters. The van der Waals surface area contributed by atoms with Crippen molar-refractivity contribution in [1.82, 2.24) is 5.43 Å². The number of anilines is 1. The van der Waals surface area contributed by atoms with Crippen molar-refractivity contribution in [1.29, 1.82) is 0 Å². The van der Waals surface area contributed by atoms with Crippen LogP contribution in [0.1, 0.15) is 22.8 Å². The Labute approximate surface area is 128 Å². The molecule has 0 heterocycles. The number of rotatable bonds is 5. The molecule has 0 unspecified atom stereocenters. The molecule has 0 aromatic heterocycles. The number of nitrogens with two attached hydrogens (primary N) is 1. The quantitative estimate of drug-likeness (QED) is 0.447. The van der Waals surface area contributed by atoms with Crippen LogP contribution >= 0.6 is 0 Å². The number of nitrogens with one attached hydrogen (secondary N) is 1. The molecule has 1 amide bonds. The Balaban J connectivity index is 2.01. The number of nitrogen functional groups attached to an aromatic ring is 1. The first-order chi connectivity index (χ1) is 10.6. The van der Waals surface area contributed by atoms with Crippen molar-refractivity contribution in [2.75, 3.05) is 12.3 Å². The van der Waals surface area contributed by atoms with Crippen molar-refractivity contribution in [2.24, 2.45) is 5.10 Å². The minimum atomic E-state index is -0.333. The lowest BCUT2D eigenvalue weighted by atomic mass is 10.2. The van der Waals surface area contributed by atoms with Crippen molar-refractivity contribution in [2.45, 2.75) is 6.92 Å². The summed E-state index contributed by atoms with van der Waals surface area (Å²) in [4.78, 5) is 11.8. The van der Waals surface area contributed by atoms with Crippen LogP contribution in [0.25, 0.3) is 0 Å². The van der Waals surface area contributed by atoms with E-state index in [2.05, 4.69) is 10.5 Å². The Bertz CT molecular complexity index is 682. The monoisotopic (exact) mass is 299 g/mol. The number of ether oxygens (including phenoxy) is 1. The molecule has 2 aromatic rings. The van der Waals surface area contributed by atoms with Gasteiger partial charge in [-0.3, -0.25) is 4.79 Å². The summed E-state index contributed by atoms with van der Waals surface area (Å²) >= 11 is 0. The molecule has 114 valence electrons. The molecule has 4 N–H and O–H groups in total. The molecule has 2 aromatic carbocycles. The third-order valence-corrected chi connectivity index (χ3v) is 2.84. The topological polar surface area (TPSA) is 96.9 Å². The largest absolute Gasteiger partial charge is 0.504 e. The van der Waals surface area contributed by atoms with Gasteiger partial charge in [0, 0.05) is 11.3 Å². The molecule has 0 fully saturated rings. The first-order valence-corrected chi connectivity index (χ1v) is 6.75. The van der Waals surface area contributed by atoms with E-state index in [0.29, 0.717) is 29.2 Å². The summed E-state index contributed by atoms with van der Waals surface area (Å²) in [6.07, 6.45) is 1.47. The van der Waals surface area contributed by atoms with Crippen LogP contribution in [-0.4, -0.2) is 23.8 Å². The van der Waals surface area contributed by atoms with Crippen molar-refractivity contribution in [3.63, 3.8) is 0 Å². The normalized spacial score (nSPS) is 10.6. The summed E-state index contributed by atoms with van der Waals surface area (Å²) in [6.45, 7) is 2.27. The number of hydrogen-bond donors (Lipinski definition) is 3. The number of phenols is 1. The highest BCUT2D eigenvalue weighted by Crippen LogP contribution is 2.26. The van der Waals surface area contributed by atoms with E-state index < -0.39 is 0 Å². The summed E-state index contributed by atoms with van der Waals surface area (Å²) in [5.41, 5.74) is 9.73. The Kier molecular flexibility index (Phi) is 4.98. The predicted octanol–water partition coefficient (Wildman–Crippen LogP) is 2.14. The average molecular weight is 299 g/mol. The van der Waals surface area contributed by atoms with Gasteiger partial charge < -0.3 is 15.6 Å². The molecular formula is C16H17N3O3. The number of aromatic hydroxyl groups is 1. The lowest BCUT2D eigenvalue weighted by Crippen LogP contribution is -2.17. The van der Waals surface area contributed by atoms with E-state index in [9.17, 15) is 9.90 Å². The number of phenolic OH excluding ortho intramolecular Hbond substituents is 1. The minimum Gasteiger partial charge on any atom is -0.504 e. The van der Waals surface area contributed by atoms with Gasteiger partial charge in [-0.2, -0.15) is 5.10 Å². The number of amides is 1. The smallest absolute Gasteiger partial charge is 0.271 e. The fourth-order valence-electron chi connectivity index (χ4n) is 1.75. The van der Waals surface area contributed by atoms with E-state index >= 15 is 0 Å². The number of hydrogen-bond acceptors (Lipinski definition) is 5. The first kappa shape index (κ1) is 15.4. The van der Waals surface area contributed by atoms with E-state index in [4.69, 9.17) is 10.5 Å². The van der Waals surface area contributed by atoms with Crippen molar-refractivity contribution in [3.05, 3.63) is 53.6 Å². The molecule has 0 saturated carbocycles. The summed E-state index contributed by atoms with van der Waals surface area (Å²) in [6, 6.07) is 11.3. The highest BCUT2D eigenvalue weighted by Gasteiger charge is 2.04. The van der Waals surface area contributed by atoms with Gasteiger partial charge in [0.25, 0.3) is 5.91 Å². The van der Waals surface area contributed by atoms with Gasteiger partial charge in [-0.1, -0.05) is 0 Å². The minimum absolute atomic E-state index is 0.0601. The Hall–Kier alpha value is -3.02. The highest BCUT2D eigenvalue weighted by molar-refractivity contribution is 5.95.